The van der Waals surface area contributed by atoms with E-state index in [1.54, 1.807) is 12.1 Å². The van der Waals surface area contributed by atoms with Gasteiger partial charge < -0.3 is 20.3 Å². The Morgan fingerprint density at radius 2 is 1.81 bits per heavy atom. The minimum Gasteiger partial charge on any atom is -0.381 e. The molecule has 2 aliphatic heterocycles. The Balaban J connectivity index is 0.00000289. The SMILES string of the molecule is CN=C(NCC1(c2ccc(F)cc2)CCOCC1)NC1CCN(c2ccc(C)cc2)C1.I. The maximum atomic E-state index is 13.5. The molecule has 2 aromatic carbocycles. The molecule has 1 atom stereocenters. The van der Waals surface area contributed by atoms with Crippen LogP contribution < -0.4 is 15.5 Å². The van der Waals surface area contributed by atoms with E-state index in [9.17, 15) is 4.39 Å². The molecule has 7 heteroatoms. The summed E-state index contributed by atoms with van der Waals surface area (Å²) >= 11 is 0. The number of rotatable bonds is 5. The number of aryl methyl sites for hydroxylation is 1. The molecule has 0 radical (unpaired) electrons. The van der Waals surface area contributed by atoms with E-state index >= 15 is 0 Å². The number of aliphatic imine (C=N–C) groups is 1. The van der Waals surface area contributed by atoms with E-state index in [1.165, 1.54) is 11.3 Å². The first kappa shape index (κ1) is 24.8. The van der Waals surface area contributed by atoms with Gasteiger partial charge in [-0.2, -0.15) is 0 Å². The second-order valence-electron chi connectivity index (χ2n) is 8.74. The van der Waals surface area contributed by atoms with Crippen molar-refractivity contribution >= 4 is 35.6 Å². The standard InChI is InChI=1S/C25H33FN4O.HI/c1-19-3-9-23(10-4-19)30-14-11-22(17-30)29-24(27-2)28-18-25(12-15-31-16-13-25)20-5-7-21(26)8-6-20;/h3-10,22H,11-18H2,1-2H3,(H2,27,28,29);1H. The molecule has 32 heavy (non-hydrogen) atoms. The number of hydrogen-bond donors (Lipinski definition) is 2. The zero-order valence-electron chi connectivity index (χ0n) is 18.9. The molecular weight excluding hydrogens is 518 g/mol. The van der Waals surface area contributed by atoms with Gasteiger partial charge in [-0.25, -0.2) is 4.39 Å². The van der Waals surface area contributed by atoms with Crippen LogP contribution in [0.5, 0.6) is 0 Å². The first-order valence-electron chi connectivity index (χ1n) is 11.2. The number of ether oxygens (including phenoxy) is 1. The summed E-state index contributed by atoms with van der Waals surface area (Å²) in [6.07, 6.45) is 2.89. The Kier molecular flexibility index (Phi) is 8.76. The van der Waals surface area contributed by atoms with E-state index in [0.717, 1.165) is 63.6 Å². The van der Waals surface area contributed by atoms with Crippen molar-refractivity contribution in [3.8, 4) is 0 Å². The number of guanidine groups is 1. The van der Waals surface area contributed by atoms with Gasteiger partial charge in [-0.15, -0.1) is 24.0 Å². The van der Waals surface area contributed by atoms with Gasteiger partial charge in [-0.1, -0.05) is 29.8 Å². The molecule has 1 unspecified atom stereocenters. The minimum atomic E-state index is -0.198. The van der Waals surface area contributed by atoms with Crippen molar-refractivity contribution in [2.45, 2.75) is 37.6 Å². The highest BCUT2D eigenvalue weighted by atomic mass is 127. The average Bonchev–Trinajstić information content (AvgIpc) is 3.26. The average molecular weight is 552 g/mol. The van der Waals surface area contributed by atoms with Crippen molar-refractivity contribution in [3.05, 3.63) is 65.5 Å². The van der Waals surface area contributed by atoms with Crippen LogP contribution in [-0.2, 0) is 10.2 Å². The number of halogens is 2. The van der Waals surface area contributed by atoms with Crippen molar-refractivity contribution < 1.29 is 9.13 Å². The largest absolute Gasteiger partial charge is 0.381 e. The van der Waals surface area contributed by atoms with Crippen molar-refractivity contribution in [3.63, 3.8) is 0 Å². The zero-order chi connectivity index (χ0) is 21.7. The summed E-state index contributed by atoms with van der Waals surface area (Å²) in [6, 6.07) is 16.0. The van der Waals surface area contributed by atoms with Crippen LogP contribution in [0, 0.1) is 12.7 Å². The van der Waals surface area contributed by atoms with Crippen LogP contribution in [0.25, 0.3) is 0 Å². The minimum absolute atomic E-state index is 0. The summed E-state index contributed by atoms with van der Waals surface area (Å²) in [5.74, 6) is 0.625. The predicted molar refractivity (Wildman–Crippen MR) is 140 cm³/mol. The van der Waals surface area contributed by atoms with Gasteiger partial charge in [0.25, 0.3) is 0 Å². The molecule has 2 aromatic rings. The molecule has 2 aliphatic rings. The molecule has 2 fully saturated rings. The fraction of sp³-hybridized carbons (Fsp3) is 0.480. The molecule has 5 nitrogen and oxygen atoms in total. The van der Waals surface area contributed by atoms with Gasteiger partial charge in [0.1, 0.15) is 5.82 Å². The third-order valence-corrected chi connectivity index (χ3v) is 6.65. The molecule has 2 saturated heterocycles. The molecule has 4 rings (SSSR count). The number of anilines is 1. The van der Waals surface area contributed by atoms with Crippen molar-refractivity contribution in [1.29, 1.82) is 0 Å². The second-order valence-corrected chi connectivity index (χ2v) is 8.74. The van der Waals surface area contributed by atoms with Gasteiger partial charge >= 0.3 is 0 Å². The van der Waals surface area contributed by atoms with E-state index in [2.05, 4.69) is 51.7 Å². The second kappa shape index (κ2) is 11.3. The van der Waals surface area contributed by atoms with Gasteiger partial charge in [0.05, 0.1) is 0 Å². The van der Waals surface area contributed by atoms with Gasteiger partial charge in [-0.05, 0) is 56.0 Å². The third kappa shape index (κ3) is 5.92. The highest BCUT2D eigenvalue weighted by Crippen LogP contribution is 2.34. The molecule has 2 heterocycles. The molecule has 0 aliphatic carbocycles. The maximum Gasteiger partial charge on any atom is 0.191 e. The monoisotopic (exact) mass is 552 g/mol. The number of hydrogen-bond acceptors (Lipinski definition) is 3. The van der Waals surface area contributed by atoms with E-state index in [1.807, 2.05) is 19.2 Å². The Morgan fingerprint density at radius 1 is 1.12 bits per heavy atom. The molecule has 174 valence electrons. The third-order valence-electron chi connectivity index (χ3n) is 6.65. The topological polar surface area (TPSA) is 48.9 Å². The van der Waals surface area contributed by atoms with Crippen LogP contribution in [0.2, 0.25) is 0 Å². The van der Waals surface area contributed by atoms with Crippen molar-refractivity contribution in [2.24, 2.45) is 4.99 Å². The summed E-state index contributed by atoms with van der Waals surface area (Å²) in [5, 5.41) is 7.15. The van der Waals surface area contributed by atoms with Crippen LogP contribution >= 0.6 is 24.0 Å². The Bertz CT molecular complexity index is 882. The lowest BCUT2D eigenvalue weighted by Gasteiger charge is -2.38. The fourth-order valence-electron chi connectivity index (χ4n) is 4.64. The van der Waals surface area contributed by atoms with Gasteiger partial charge in [0, 0.05) is 57.0 Å². The molecule has 0 amide bonds. The highest BCUT2D eigenvalue weighted by molar-refractivity contribution is 14.0. The van der Waals surface area contributed by atoms with Crippen LogP contribution in [-0.4, -0.2) is 51.9 Å². The van der Waals surface area contributed by atoms with Crippen molar-refractivity contribution in [1.82, 2.24) is 10.6 Å². The molecule has 0 saturated carbocycles. The van der Waals surface area contributed by atoms with Gasteiger partial charge in [0.2, 0.25) is 0 Å². The first-order valence-corrected chi connectivity index (χ1v) is 11.2. The molecule has 2 N–H and O–H groups in total. The lowest BCUT2D eigenvalue weighted by molar-refractivity contribution is 0.0513. The number of nitrogens with one attached hydrogen (secondary N) is 2. The predicted octanol–water partition coefficient (Wildman–Crippen LogP) is 4.24. The summed E-state index contributed by atoms with van der Waals surface area (Å²) in [6.45, 7) is 6.30. The quantitative estimate of drug-likeness (QED) is 0.331. The number of nitrogens with zero attached hydrogens (tertiary/aromatic N) is 2. The summed E-state index contributed by atoms with van der Waals surface area (Å²) in [4.78, 5) is 6.89. The number of benzene rings is 2. The lowest BCUT2D eigenvalue weighted by atomic mass is 9.74. The summed E-state index contributed by atoms with van der Waals surface area (Å²) < 4.78 is 19.1. The van der Waals surface area contributed by atoms with Gasteiger partial charge in [-0.3, -0.25) is 4.99 Å². The summed E-state index contributed by atoms with van der Waals surface area (Å²) in [7, 11) is 1.82. The Labute approximate surface area is 207 Å². The maximum absolute atomic E-state index is 13.5. The van der Waals surface area contributed by atoms with E-state index in [0.29, 0.717) is 6.04 Å². The molecular formula is C25H34FIN4O. The molecule has 0 spiro atoms. The van der Waals surface area contributed by atoms with Gasteiger partial charge in [0.15, 0.2) is 5.96 Å². The van der Waals surface area contributed by atoms with E-state index < -0.39 is 0 Å². The van der Waals surface area contributed by atoms with Crippen LogP contribution in [0.3, 0.4) is 0 Å². The van der Waals surface area contributed by atoms with Crippen molar-refractivity contribution in [2.75, 3.05) is 44.8 Å². The van der Waals surface area contributed by atoms with Crippen LogP contribution in [0.1, 0.15) is 30.4 Å². The summed E-state index contributed by atoms with van der Waals surface area (Å²) in [5.41, 5.74) is 3.64. The molecule has 0 aromatic heterocycles. The smallest absolute Gasteiger partial charge is 0.191 e. The Morgan fingerprint density at radius 3 is 2.47 bits per heavy atom. The molecule has 0 bridgehead atoms. The van der Waals surface area contributed by atoms with E-state index in [-0.39, 0.29) is 35.2 Å². The fourth-order valence-corrected chi connectivity index (χ4v) is 4.64. The lowest BCUT2D eigenvalue weighted by Crippen LogP contribution is -2.50. The first-order chi connectivity index (χ1) is 15.1. The Hall–Kier alpha value is -1.87. The van der Waals surface area contributed by atoms with E-state index in [4.69, 9.17) is 4.74 Å². The van der Waals surface area contributed by atoms with Crippen LogP contribution in [0.15, 0.2) is 53.5 Å². The normalized spacial score (nSPS) is 20.5. The van der Waals surface area contributed by atoms with Crippen LogP contribution in [0.4, 0.5) is 10.1 Å². The zero-order valence-corrected chi connectivity index (χ0v) is 21.3. The highest BCUT2D eigenvalue weighted by Gasteiger charge is 2.35.